The molecular weight excluding hydrogens is 292 g/mol. The van der Waals surface area contributed by atoms with E-state index in [-0.39, 0.29) is 5.91 Å². The summed E-state index contributed by atoms with van der Waals surface area (Å²) in [7, 11) is 0. The van der Waals surface area contributed by atoms with Gasteiger partial charge in [0.05, 0.1) is 0 Å². The van der Waals surface area contributed by atoms with Crippen LogP contribution in [-0.4, -0.2) is 56.7 Å². The highest BCUT2D eigenvalue weighted by Crippen LogP contribution is 2.20. The van der Waals surface area contributed by atoms with E-state index in [4.69, 9.17) is 0 Å². The van der Waals surface area contributed by atoms with Crippen LogP contribution in [0, 0.1) is 6.92 Å². The number of carbonyl (C=O) groups excluding carboxylic acids is 1. The first-order valence-electron chi connectivity index (χ1n) is 8.00. The molecule has 0 unspecified atom stereocenters. The largest absolute Gasteiger partial charge is 0.369 e. The molecule has 0 aromatic carbocycles. The molecule has 0 spiro atoms. The number of pyridine rings is 1. The van der Waals surface area contributed by atoms with Crippen molar-refractivity contribution in [1.29, 1.82) is 0 Å². The summed E-state index contributed by atoms with van der Waals surface area (Å²) >= 11 is 0. The van der Waals surface area contributed by atoms with Crippen molar-refractivity contribution in [2.45, 2.75) is 26.3 Å². The predicted octanol–water partition coefficient (Wildman–Crippen LogP) is 1.11. The molecule has 0 bridgehead atoms. The number of aryl methyl sites for hydroxylation is 2. The molecule has 1 fully saturated rings. The Morgan fingerprint density at radius 1 is 1.17 bits per heavy atom. The molecule has 2 aromatic rings. The van der Waals surface area contributed by atoms with Crippen LogP contribution in [0.15, 0.2) is 31.1 Å². The van der Waals surface area contributed by atoms with Crippen LogP contribution in [0.2, 0.25) is 0 Å². The maximum Gasteiger partial charge on any atom is 0.224 e. The minimum Gasteiger partial charge on any atom is -0.369 e. The van der Waals surface area contributed by atoms with Gasteiger partial charge in [-0.1, -0.05) is 0 Å². The normalized spacial score (nSPS) is 15.5. The lowest BCUT2D eigenvalue weighted by Crippen LogP contribution is -2.35. The maximum absolute atomic E-state index is 12.4. The van der Waals surface area contributed by atoms with Crippen molar-refractivity contribution in [3.05, 3.63) is 36.7 Å². The molecule has 1 saturated heterocycles. The lowest BCUT2D eigenvalue weighted by Gasteiger charge is -2.25. The van der Waals surface area contributed by atoms with Gasteiger partial charge in [0.1, 0.15) is 12.7 Å². The Labute approximate surface area is 135 Å². The smallest absolute Gasteiger partial charge is 0.224 e. The van der Waals surface area contributed by atoms with Gasteiger partial charge in [-0.2, -0.15) is 0 Å². The molecule has 2 aromatic heterocycles. The molecule has 122 valence electrons. The quantitative estimate of drug-likeness (QED) is 0.846. The van der Waals surface area contributed by atoms with Gasteiger partial charge in [0.25, 0.3) is 0 Å². The third-order valence-electron chi connectivity index (χ3n) is 4.23. The summed E-state index contributed by atoms with van der Waals surface area (Å²) in [4.78, 5) is 20.9. The molecule has 7 nitrogen and oxygen atoms in total. The average molecular weight is 314 g/mol. The van der Waals surface area contributed by atoms with E-state index in [9.17, 15) is 4.79 Å². The predicted molar refractivity (Wildman–Crippen MR) is 87.0 cm³/mol. The van der Waals surface area contributed by atoms with E-state index < -0.39 is 0 Å². The second-order valence-electron chi connectivity index (χ2n) is 5.83. The fourth-order valence-electron chi connectivity index (χ4n) is 2.95. The first-order valence-corrected chi connectivity index (χ1v) is 8.00. The summed E-state index contributed by atoms with van der Waals surface area (Å²) in [5.74, 6) is 0.201. The van der Waals surface area contributed by atoms with Crippen molar-refractivity contribution in [1.82, 2.24) is 24.6 Å². The Kier molecular flexibility index (Phi) is 4.85. The minimum absolute atomic E-state index is 0.201. The summed E-state index contributed by atoms with van der Waals surface area (Å²) in [5, 5.41) is 7.51. The molecule has 0 aliphatic carbocycles. The van der Waals surface area contributed by atoms with Gasteiger partial charge >= 0.3 is 0 Å². The fraction of sp³-hybridized carbons (Fsp3) is 0.500. The molecule has 0 radical (unpaired) electrons. The summed E-state index contributed by atoms with van der Waals surface area (Å²) in [5.41, 5.74) is 2.40. The van der Waals surface area contributed by atoms with Crippen molar-refractivity contribution >= 4 is 11.6 Å². The molecule has 1 amide bonds. The molecule has 0 N–H and O–H groups in total. The lowest BCUT2D eigenvalue weighted by atomic mass is 10.2. The van der Waals surface area contributed by atoms with Crippen LogP contribution in [0.5, 0.6) is 0 Å². The zero-order valence-corrected chi connectivity index (χ0v) is 13.4. The van der Waals surface area contributed by atoms with Crippen molar-refractivity contribution in [2.24, 2.45) is 0 Å². The lowest BCUT2D eigenvalue weighted by molar-refractivity contribution is -0.131. The van der Waals surface area contributed by atoms with Crippen molar-refractivity contribution in [3.63, 3.8) is 0 Å². The first-order chi connectivity index (χ1) is 11.2. The van der Waals surface area contributed by atoms with Crippen molar-refractivity contribution in [2.75, 3.05) is 31.1 Å². The Morgan fingerprint density at radius 3 is 2.78 bits per heavy atom. The second-order valence-corrected chi connectivity index (χ2v) is 5.83. The van der Waals surface area contributed by atoms with Gasteiger partial charge in [0, 0.05) is 57.2 Å². The highest BCUT2D eigenvalue weighted by atomic mass is 16.2. The van der Waals surface area contributed by atoms with Crippen LogP contribution in [0.1, 0.15) is 18.4 Å². The number of carbonyl (C=O) groups is 1. The number of hydrogen-bond donors (Lipinski definition) is 0. The molecule has 7 heteroatoms. The molecule has 3 heterocycles. The van der Waals surface area contributed by atoms with Crippen LogP contribution in [-0.2, 0) is 11.3 Å². The third-order valence-corrected chi connectivity index (χ3v) is 4.23. The van der Waals surface area contributed by atoms with Crippen LogP contribution in [0.25, 0.3) is 0 Å². The van der Waals surface area contributed by atoms with Gasteiger partial charge in [0.2, 0.25) is 5.91 Å². The Balaban J connectivity index is 1.55. The van der Waals surface area contributed by atoms with Gasteiger partial charge in [0.15, 0.2) is 0 Å². The second kappa shape index (κ2) is 7.21. The standard InChI is InChI=1S/C16H22N6O/c1-14-11-17-5-3-15(14)21-6-2-7-22(10-9-21)16(23)4-8-20-12-18-19-13-20/h3,5,11-13H,2,4,6-10H2,1H3. The monoisotopic (exact) mass is 314 g/mol. The maximum atomic E-state index is 12.4. The van der Waals surface area contributed by atoms with Gasteiger partial charge in [-0.15, -0.1) is 10.2 Å². The van der Waals surface area contributed by atoms with E-state index in [1.165, 1.54) is 11.3 Å². The zero-order valence-electron chi connectivity index (χ0n) is 13.4. The van der Waals surface area contributed by atoms with Crippen molar-refractivity contribution in [3.8, 4) is 0 Å². The molecule has 3 rings (SSSR count). The van der Waals surface area contributed by atoms with E-state index in [1.807, 2.05) is 21.9 Å². The number of hydrogen-bond acceptors (Lipinski definition) is 5. The van der Waals surface area contributed by atoms with E-state index in [2.05, 4.69) is 33.1 Å². The van der Waals surface area contributed by atoms with Gasteiger partial charge in [-0.3, -0.25) is 9.78 Å². The average Bonchev–Trinajstić information content (AvgIpc) is 2.96. The molecule has 1 aliphatic heterocycles. The Bertz CT molecular complexity index is 642. The summed E-state index contributed by atoms with van der Waals surface area (Å²) in [6.45, 7) is 6.14. The molecule has 23 heavy (non-hydrogen) atoms. The van der Waals surface area contributed by atoms with E-state index in [0.717, 1.165) is 32.6 Å². The molecule has 0 saturated carbocycles. The fourth-order valence-corrected chi connectivity index (χ4v) is 2.95. The highest BCUT2D eigenvalue weighted by Gasteiger charge is 2.19. The summed E-state index contributed by atoms with van der Waals surface area (Å²) in [6.07, 6.45) is 8.48. The van der Waals surface area contributed by atoms with Crippen LogP contribution >= 0.6 is 0 Å². The van der Waals surface area contributed by atoms with E-state index in [1.54, 1.807) is 12.7 Å². The number of anilines is 1. The molecule has 0 atom stereocenters. The van der Waals surface area contributed by atoms with Gasteiger partial charge in [-0.25, -0.2) is 0 Å². The summed E-state index contributed by atoms with van der Waals surface area (Å²) < 4.78 is 1.84. The number of aromatic nitrogens is 4. The minimum atomic E-state index is 0.201. The third kappa shape index (κ3) is 3.85. The first kappa shape index (κ1) is 15.5. The highest BCUT2D eigenvalue weighted by molar-refractivity contribution is 5.76. The number of nitrogens with zero attached hydrogens (tertiary/aromatic N) is 6. The van der Waals surface area contributed by atoms with Crippen LogP contribution in [0.3, 0.4) is 0 Å². The van der Waals surface area contributed by atoms with Crippen LogP contribution in [0.4, 0.5) is 5.69 Å². The zero-order chi connectivity index (χ0) is 16.1. The molecule has 1 aliphatic rings. The molecular formula is C16H22N6O. The Morgan fingerprint density at radius 2 is 2.00 bits per heavy atom. The number of rotatable bonds is 4. The summed E-state index contributed by atoms with van der Waals surface area (Å²) in [6, 6.07) is 2.05. The van der Waals surface area contributed by atoms with Crippen molar-refractivity contribution < 1.29 is 4.79 Å². The van der Waals surface area contributed by atoms with E-state index >= 15 is 0 Å². The topological polar surface area (TPSA) is 67.2 Å². The SMILES string of the molecule is Cc1cnccc1N1CCCN(C(=O)CCn2cnnc2)CC1. The van der Waals surface area contributed by atoms with E-state index in [0.29, 0.717) is 13.0 Å². The Hall–Kier alpha value is -2.44. The number of amides is 1. The van der Waals surface area contributed by atoms with Gasteiger partial charge in [-0.05, 0) is 25.0 Å². The van der Waals surface area contributed by atoms with Gasteiger partial charge < -0.3 is 14.4 Å². The van der Waals surface area contributed by atoms with Crippen LogP contribution < -0.4 is 4.90 Å².